The maximum Gasteiger partial charge on any atom is 0.262 e. The van der Waals surface area contributed by atoms with Gasteiger partial charge in [0.2, 0.25) is 5.91 Å². The first kappa shape index (κ1) is 18.7. The van der Waals surface area contributed by atoms with Gasteiger partial charge in [-0.25, -0.2) is 4.98 Å². The molecule has 0 bridgehead atoms. The zero-order valence-corrected chi connectivity index (χ0v) is 16.7. The lowest BCUT2D eigenvalue weighted by Crippen LogP contribution is -2.37. The van der Waals surface area contributed by atoms with Gasteiger partial charge in [0.05, 0.1) is 16.8 Å². The van der Waals surface area contributed by atoms with E-state index in [1.165, 1.54) is 0 Å². The summed E-state index contributed by atoms with van der Waals surface area (Å²) < 4.78 is 1.96. The van der Waals surface area contributed by atoms with Crippen LogP contribution in [-0.4, -0.2) is 38.6 Å². The average Bonchev–Trinajstić information content (AvgIpc) is 3.31. The molecule has 152 valence electrons. The van der Waals surface area contributed by atoms with E-state index in [1.54, 1.807) is 30.3 Å². The van der Waals surface area contributed by atoms with Crippen LogP contribution < -0.4 is 5.32 Å². The molecule has 0 unspecified atom stereocenters. The van der Waals surface area contributed by atoms with Crippen LogP contribution in [0.5, 0.6) is 0 Å². The maximum atomic E-state index is 12.6. The smallest absolute Gasteiger partial charge is 0.262 e. The van der Waals surface area contributed by atoms with Gasteiger partial charge in [-0.2, -0.15) is 0 Å². The molecule has 4 aromatic rings. The number of imidazole rings is 1. The molecule has 2 aromatic heterocycles. The van der Waals surface area contributed by atoms with Gasteiger partial charge in [0.1, 0.15) is 12.2 Å². The number of benzene rings is 2. The largest absolute Gasteiger partial charge is 0.325 e. The van der Waals surface area contributed by atoms with E-state index in [9.17, 15) is 14.4 Å². The normalized spacial score (nSPS) is 13.0. The molecule has 0 fully saturated rings. The fraction of sp³-hybridized carbons (Fsp3) is 0.0833. The molecule has 3 heterocycles. The molecule has 2 aromatic carbocycles. The molecular weight excluding hydrogens is 392 g/mol. The van der Waals surface area contributed by atoms with Crippen molar-refractivity contribution < 1.29 is 14.4 Å². The number of amides is 3. The number of fused-ring (bicyclic) bond motifs is 2. The van der Waals surface area contributed by atoms with Gasteiger partial charge in [0.15, 0.2) is 0 Å². The molecule has 5 rings (SSSR count). The zero-order chi connectivity index (χ0) is 21.5. The lowest BCUT2D eigenvalue weighted by atomic mass is 10.1. The fourth-order valence-corrected chi connectivity index (χ4v) is 3.78. The summed E-state index contributed by atoms with van der Waals surface area (Å²) in [5.74, 6) is -1.35. The maximum absolute atomic E-state index is 12.6. The topological polar surface area (TPSA) is 83.8 Å². The Balaban J connectivity index is 1.34. The summed E-state index contributed by atoms with van der Waals surface area (Å²) in [5.41, 5.74) is 4.78. The summed E-state index contributed by atoms with van der Waals surface area (Å²) in [7, 11) is 0. The van der Waals surface area contributed by atoms with Crippen LogP contribution in [0.15, 0.2) is 73.1 Å². The minimum absolute atomic E-state index is 0.324. The number of hydrogen-bond donors (Lipinski definition) is 1. The molecule has 3 amide bonds. The minimum Gasteiger partial charge on any atom is -0.325 e. The molecule has 0 spiro atoms. The van der Waals surface area contributed by atoms with Crippen LogP contribution in [0.25, 0.3) is 16.9 Å². The Bertz CT molecular complexity index is 1340. The summed E-state index contributed by atoms with van der Waals surface area (Å²) in [4.78, 5) is 43.1. The summed E-state index contributed by atoms with van der Waals surface area (Å²) in [5, 5.41) is 2.77. The van der Waals surface area contributed by atoms with E-state index in [-0.39, 0.29) is 6.54 Å². The second kappa shape index (κ2) is 7.21. The van der Waals surface area contributed by atoms with Crippen LogP contribution in [0.4, 0.5) is 5.69 Å². The molecule has 0 saturated heterocycles. The van der Waals surface area contributed by atoms with Crippen molar-refractivity contribution in [2.24, 2.45) is 0 Å². The monoisotopic (exact) mass is 410 g/mol. The molecule has 0 saturated carbocycles. The Hall–Kier alpha value is -4.26. The fourth-order valence-electron chi connectivity index (χ4n) is 3.78. The molecule has 0 atom stereocenters. The van der Waals surface area contributed by atoms with E-state index in [0.717, 1.165) is 27.4 Å². The summed E-state index contributed by atoms with van der Waals surface area (Å²) in [6.07, 6.45) is 3.87. The number of rotatable bonds is 4. The molecule has 7 heteroatoms. The van der Waals surface area contributed by atoms with E-state index in [0.29, 0.717) is 16.8 Å². The Morgan fingerprint density at radius 2 is 1.71 bits per heavy atom. The van der Waals surface area contributed by atoms with Crippen LogP contribution in [0.1, 0.15) is 26.3 Å². The van der Waals surface area contributed by atoms with Crippen LogP contribution >= 0.6 is 0 Å². The first-order valence-corrected chi connectivity index (χ1v) is 9.81. The number of pyridine rings is 1. The predicted octanol–water partition coefficient (Wildman–Crippen LogP) is 3.54. The number of nitrogens with zero attached hydrogens (tertiary/aromatic N) is 3. The van der Waals surface area contributed by atoms with Crippen LogP contribution in [0.2, 0.25) is 0 Å². The van der Waals surface area contributed by atoms with E-state index in [4.69, 9.17) is 0 Å². The Kier molecular flexibility index (Phi) is 4.36. The predicted molar refractivity (Wildman–Crippen MR) is 116 cm³/mol. The van der Waals surface area contributed by atoms with Crippen LogP contribution in [0, 0.1) is 6.92 Å². The standard InChI is InChI=1S/C24H18N4O3/c1-15-6-5-11-27-13-20(26-22(15)27)16-7-4-8-17(12-16)25-21(29)14-28-23(30)18-9-2-3-10-19(18)24(28)31/h2-13H,14H2,1H3,(H,25,29). The Labute approximate surface area is 177 Å². The highest BCUT2D eigenvalue weighted by atomic mass is 16.2. The molecule has 0 radical (unpaired) electrons. The van der Waals surface area contributed by atoms with Crippen molar-refractivity contribution in [2.75, 3.05) is 11.9 Å². The van der Waals surface area contributed by atoms with Crippen molar-refractivity contribution in [3.8, 4) is 11.3 Å². The van der Waals surface area contributed by atoms with Gasteiger partial charge in [0.25, 0.3) is 11.8 Å². The third-order valence-corrected chi connectivity index (χ3v) is 5.30. The van der Waals surface area contributed by atoms with Crippen molar-refractivity contribution in [3.63, 3.8) is 0 Å². The summed E-state index contributed by atoms with van der Waals surface area (Å²) in [6, 6.07) is 17.8. The molecule has 1 aliphatic heterocycles. The molecule has 1 N–H and O–H groups in total. The highest BCUT2D eigenvalue weighted by Gasteiger charge is 2.36. The second-order valence-electron chi connectivity index (χ2n) is 7.42. The summed E-state index contributed by atoms with van der Waals surface area (Å²) >= 11 is 0. The summed E-state index contributed by atoms with van der Waals surface area (Å²) in [6.45, 7) is 1.66. The van der Waals surface area contributed by atoms with Crippen LogP contribution in [0.3, 0.4) is 0 Å². The number of anilines is 1. The van der Waals surface area contributed by atoms with E-state index >= 15 is 0 Å². The molecule has 31 heavy (non-hydrogen) atoms. The van der Waals surface area contributed by atoms with Gasteiger partial charge in [-0.15, -0.1) is 0 Å². The number of nitrogens with one attached hydrogen (secondary N) is 1. The molecule has 1 aliphatic rings. The highest BCUT2D eigenvalue weighted by Crippen LogP contribution is 2.25. The number of aryl methyl sites for hydroxylation is 1. The highest BCUT2D eigenvalue weighted by molar-refractivity contribution is 6.22. The third kappa shape index (κ3) is 3.26. The van der Waals surface area contributed by atoms with Gasteiger partial charge in [-0.3, -0.25) is 19.3 Å². The first-order valence-electron chi connectivity index (χ1n) is 9.81. The van der Waals surface area contributed by atoms with Crippen LogP contribution in [-0.2, 0) is 4.79 Å². The zero-order valence-electron chi connectivity index (χ0n) is 16.7. The van der Waals surface area contributed by atoms with Gasteiger partial charge in [-0.1, -0.05) is 30.3 Å². The lowest BCUT2D eigenvalue weighted by molar-refractivity contribution is -0.116. The van der Waals surface area contributed by atoms with Crippen molar-refractivity contribution >= 4 is 29.1 Å². The van der Waals surface area contributed by atoms with E-state index < -0.39 is 17.7 Å². The number of aromatic nitrogens is 2. The number of hydrogen-bond acceptors (Lipinski definition) is 4. The SMILES string of the molecule is Cc1cccn2cc(-c3cccc(NC(=O)CN4C(=O)c5ccccc5C4=O)c3)nc12. The second-order valence-corrected chi connectivity index (χ2v) is 7.42. The van der Waals surface area contributed by atoms with Crippen molar-refractivity contribution in [1.29, 1.82) is 0 Å². The number of carbonyl (C=O) groups is 3. The van der Waals surface area contributed by atoms with Crippen molar-refractivity contribution in [2.45, 2.75) is 6.92 Å². The molecule has 7 nitrogen and oxygen atoms in total. The Morgan fingerprint density at radius 1 is 0.968 bits per heavy atom. The third-order valence-electron chi connectivity index (χ3n) is 5.30. The van der Waals surface area contributed by atoms with E-state index in [1.807, 2.05) is 54.0 Å². The Morgan fingerprint density at radius 3 is 2.42 bits per heavy atom. The average molecular weight is 410 g/mol. The first-order chi connectivity index (χ1) is 15.0. The van der Waals surface area contributed by atoms with Gasteiger partial charge < -0.3 is 9.72 Å². The lowest BCUT2D eigenvalue weighted by Gasteiger charge is -2.14. The van der Waals surface area contributed by atoms with E-state index in [2.05, 4.69) is 10.3 Å². The van der Waals surface area contributed by atoms with Gasteiger partial charge >= 0.3 is 0 Å². The molecule has 0 aliphatic carbocycles. The quantitative estimate of drug-likeness (QED) is 0.522. The molecular formula is C24H18N4O3. The van der Waals surface area contributed by atoms with Crippen molar-refractivity contribution in [3.05, 3.63) is 89.7 Å². The number of imide groups is 1. The van der Waals surface area contributed by atoms with Crippen molar-refractivity contribution in [1.82, 2.24) is 14.3 Å². The minimum atomic E-state index is -0.454. The van der Waals surface area contributed by atoms with Gasteiger partial charge in [0, 0.05) is 23.6 Å². The number of carbonyl (C=O) groups excluding carboxylic acids is 3. The van der Waals surface area contributed by atoms with Gasteiger partial charge in [-0.05, 0) is 42.8 Å².